The summed E-state index contributed by atoms with van der Waals surface area (Å²) < 4.78 is 0. The van der Waals surface area contributed by atoms with Crippen LogP contribution in [0.15, 0.2) is 12.1 Å². The Bertz CT molecular complexity index is 514. The van der Waals surface area contributed by atoms with Crippen molar-refractivity contribution in [2.45, 2.75) is 64.5 Å². The lowest BCUT2D eigenvalue weighted by atomic mass is 9.73. The maximum Gasteiger partial charge on any atom is 0.161 e. The van der Waals surface area contributed by atoms with Crippen LogP contribution in [0.25, 0.3) is 0 Å². The number of benzene rings is 1. The molecule has 0 amide bonds. The van der Waals surface area contributed by atoms with Crippen LogP contribution >= 0.6 is 0 Å². The van der Waals surface area contributed by atoms with Gasteiger partial charge in [0.05, 0.1) is 0 Å². The molecule has 0 spiro atoms. The fraction of sp³-hybridized carbons (Fsp3) is 0.588. The van der Waals surface area contributed by atoms with Crippen LogP contribution in [-0.2, 0) is 11.3 Å². The molecule has 1 saturated carbocycles. The number of nitrogens with two attached hydrogens (primary N) is 1. The predicted molar refractivity (Wildman–Crippen MR) is 80.6 cm³/mol. The molecule has 0 heterocycles. The quantitative estimate of drug-likeness (QED) is 0.891. The van der Waals surface area contributed by atoms with E-state index in [9.17, 15) is 9.90 Å². The van der Waals surface area contributed by atoms with E-state index in [0.29, 0.717) is 25.3 Å². The number of hydrogen-bond donors (Lipinski definition) is 2. The molecule has 1 aromatic rings. The second kappa shape index (κ2) is 5.66. The highest BCUT2D eigenvalue weighted by molar-refractivity contribution is 5.84. The molecule has 0 atom stereocenters. The minimum atomic E-state index is -1.09. The van der Waals surface area contributed by atoms with Crippen LogP contribution in [0.1, 0.15) is 60.8 Å². The third kappa shape index (κ3) is 2.65. The van der Waals surface area contributed by atoms with Crippen molar-refractivity contribution in [2.24, 2.45) is 5.73 Å². The van der Waals surface area contributed by atoms with Crippen molar-refractivity contribution in [3.63, 3.8) is 0 Å². The van der Waals surface area contributed by atoms with Crippen molar-refractivity contribution in [3.8, 4) is 0 Å². The zero-order chi connectivity index (χ0) is 14.9. The van der Waals surface area contributed by atoms with Gasteiger partial charge in [-0.05, 0) is 74.6 Å². The zero-order valence-electron chi connectivity index (χ0n) is 12.7. The van der Waals surface area contributed by atoms with Crippen molar-refractivity contribution in [2.75, 3.05) is 0 Å². The molecule has 3 N–H and O–H groups in total. The van der Waals surface area contributed by atoms with Crippen LogP contribution in [-0.4, -0.2) is 16.5 Å². The Morgan fingerprint density at radius 3 is 2.40 bits per heavy atom. The molecule has 0 aromatic heterocycles. The number of carbonyl (C=O) groups excluding carboxylic acids is 1. The molecule has 3 heteroatoms. The SMILES string of the molecule is CC(=O)C1(O)CCC(c2ccc(CN)c(C)c2C)CC1. The van der Waals surface area contributed by atoms with E-state index >= 15 is 0 Å². The van der Waals surface area contributed by atoms with E-state index in [1.165, 1.54) is 29.2 Å². The third-order valence-corrected chi connectivity index (χ3v) is 5.07. The average Bonchev–Trinajstić information content (AvgIpc) is 2.43. The van der Waals surface area contributed by atoms with E-state index in [4.69, 9.17) is 5.73 Å². The minimum Gasteiger partial charge on any atom is -0.382 e. The summed E-state index contributed by atoms with van der Waals surface area (Å²) in [6, 6.07) is 4.29. The number of rotatable bonds is 3. The maximum absolute atomic E-state index is 11.5. The molecule has 3 nitrogen and oxygen atoms in total. The van der Waals surface area contributed by atoms with Crippen molar-refractivity contribution < 1.29 is 9.90 Å². The standard InChI is InChI=1S/C17H25NO2/c1-11-12(2)16(5-4-15(11)10-18)14-6-8-17(20,9-7-14)13(3)19/h4-5,14,20H,6-10,18H2,1-3H3. The Morgan fingerprint density at radius 2 is 1.90 bits per heavy atom. The fourth-order valence-electron chi connectivity index (χ4n) is 3.32. The van der Waals surface area contributed by atoms with Gasteiger partial charge in [0, 0.05) is 6.54 Å². The van der Waals surface area contributed by atoms with Gasteiger partial charge in [-0.2, -0.15) is 0 Å². The van der Waals surface area contributed by atoms with Crippen LogP contribution in [0, 0.1) is 13.8 Å². The molecule has 0 aliphatic heterocycles. The van der Waals surface area contributed by atoms with Gasteiger partial charge >= 0.3 is 0 Å². The Kier molecular flexibility index (Phi) is 4.31. The van der Waals surface area contributed by atoms with Crippen molar-refractivity contribution >= 4 is 5.78 Å². The number of Topliss-reactive ketones (excluding diaryl/α,β-unsaturated/α-hetero) is 1. The normalized spacial score (nSPS) is 26.6. The van der Waals surface area contributed by atoms with E-state index in [-0.39, 0.29) is 5.78 Å². The fourth-order valence-corrected chi connectivity index (χ4v) is 3.32. The molecule has 1 aromatic carbocycles. The molecule has 0 bridgehead atoms. The molecule has 2 rings (SSSR count). The first kappa shape index (κ1) is 15.2. The van der Waals surface area contributed by atoms with E-state index < -0.39 is 5.60 Å². The predicted octanol–water partition coefficient (Wildman–Crippen LogP) is 2.74. The van der Waals surface area contributed by atoms with Crippen LogP contribution < -0.4 is 5.73 Å². The number of aliphatic hydroxyl groups is 1. The Morgan fingerprint density at radius 1 is 1.30 bits per heavy atom. The van der Waals surface area contributed by atoms with E-state index in [2.05, 4.69) is 26.0 Å². The lowest BCUT2D eigenvalue weighted by Crippen LogP contribution is -2.40. The van der Waals surface area contributed by atoms with E-state index in [1.807, 2.05) is 0 Å². The molecule has 110 valence electrons. The second-order valence-corrected chi connectivity index (χ2v) is 6.13. The van der Waals surface area contributed by atoms with Crippen LogP contribution in [0.4, 0.5) is 0 Å². The van der Waals surface area contributed by atoms with Gasteiger partial charge in [0.25, 0.3) is 0 Å². The Balaban J connectivity index is 2.19. The Hall–Kier alpha value is -1.19. The van der Waals surface area contributed by atoms with Crippen LogP contribution in [0.2, 0.25) is 0 Å². The molecule has 0 unspecified atom stereocenters. The number of ketones is 1. The topological polar surface area (TPSA) is 63.3 Å². The molecule has 20 heavy (non-hydrogen) atoms. The highest BCUT2D eigenvalue weighted by atomic mass is 16.3. The summed E-state index contributed by atoms with van der Waals surface area (Å²) in [6.07, 6.45) is 2.89. The highest BCUT2D eigenvalue weighted by Gasteiger charge is 2.37. The molecular formula is C17H25NO2. The van der Waals surface area contributed by atoms with Gasteiger partial charge in [0.1, 0.15) is 5.60 Å². The summed E-state index contributed by atoms with van der Waals surface area (Å²) in [5.41, 5.74) is 9.80. The van der Waals surface area contributed by atoms with Gasteiger partial charge < -0.3 is 10.8 Å². The molecule has 0 radical (unpaired) electrons. The van der Waals surface area contributed by atoms with Gasteiger partial charge in [-0.1, -0.05) is 12.1 Å². The smallest absolute Gasteiger partial charge is 0.161 e. The first-order chi connectivity index (χ1) is 9.39. The van der Waals surface area contributed by atoms with Gasteiger partial charge in [-0.25, -0.2) is 0 Å². The average molecular weight is 275 g/mol. The van der Waals surface area contributed by atoms with Gasteiger partial charge in [-0.3, -0.25) is 4.79 Å². The van der Waals surface area contributed by atoms with Crippen molar-refractivity contribution in [1.29, 1.82) is 0 Å². The summed E-state index contributed by atoms with van der Waals surface area (Å²) >= 11 is 0. The largest absolute Gasteiger partial charge is 0.382 e. The van der Waals surface area contributed by atoms with E-state index in [1.54, 1.807) is 0 Å². The lowest BCUT2D eigenvalue weighted by Gasteiger charge is -2.35. The summed E-state index contributed by atoms with van der Waals surface area (Å²) in [6.45, 7) is 6.33. The third-order valence-electron chi connectivity index (χ3n) is 5.07. The summed E-state index contributed by atoms with van der Waals surface area (Å²) in [5.74, 6) is 0.350. The summed E-state index contributed by atoms with van der Waals surface area (Å²) in [4.78, 5) is 11.5. The van der Waals surface area contributed by atoms with Gasteiger partial charge in [0.15, 0.2) is 5.78 Å². The molecular weight excluding hydrogens is 250 g/mol. The zero-order valence-corrected chi connectivity index (χ0v) is 12.7. The molecule has 1 fully saturated rings. The van der Waals surface area contributed by atoms with Crippen molar-refractivity contribution in [3.05, 3.63) is 34.4 Å². The summed E-state index contributed by atoms with van der Waals surface area (Å²) in [7, 11) is 0. The number of carbonyl (C=O) groups is 1. The van der Waals surface area contributed by atoms with E-state index in [0.717, 1.165) is 12.8 Å². The minimum absolute atomic E-state index is 0.0951. The van der Waals surface area contributed by atoms with Crippen LogP contribution in [0.5, 0.6) is 0 Å². The monoisotopic (exact) mass is 275 g/mol. The second-order valence-electron chi connectivity index (χ2n) is 6.13. The number of hydrogen-bond acceptors (Lipinski definition) is 3. The molecule has 1 aliphatic rings. The summed E-state index contributed by atoms with van der Waals surface area (Å²) in [5, 5.41) is 10.3. The first-order valence-corrected chi connectivity index (χ1v) is 7.41. The molecule has 1 aliphatic carbocycles. The van der Waals surface area contributed by atoms with Crippen LogP contribution in [0.3, 0.4) is 0 Å². The molecule has 0 saturated heterocycles. The first-order valence-electron chi connectivity index (χ1n) is 7.41. The van der Waals surface area contributed by atoms with Gasteiger partial charge in [0.2, 0.25) is 0 Å². The van der Waals surface area contributed by atoms with Gasteiger partial charge in [-0.15, -0.1) is 0 Å². The lowest BCUT2D eigenvalue weighted by molar-refractivity contribution is -0.138. The maximum atomic E-state index is 11.5. The highest BCUT2D eigenvalue weighted by Crippen LogP contribution is 2.40. The van der Waals surface area contributed by atoms with Crippen molar-refractivity contribution in [1.82, 2.24) is 0 Å². The Labute approximate surface area is 121 Å².